The molecule has 0 fully saturated rings. The fourth-order valence-corrected chi connectivity index (χ4v) is 2.02. The molecule has 0 radical (unpaired) electrons. The number of halogens is 1. The van der Waals surface area contributed by atoms with E-state index in [1.165, 1.54) is 5.56 Å². The summed E-state index contributed by atoms with van der Waals surface area (Å²) in [5.74, 6) is 0. The first-order valence-corrected chi connectivity index (χ1v) is 6.76. The van der Waals surface area contributed by atoms with Crippen LogP contribution < -0.4 is 5.73 Å². The van der Waals surface area contributed by atoms with Gasteiger partial charge in [0.25, 0.3) is 0 Å². The largest absolute Gasteiger partial charge is 0.330 e. The lowest BCUT2D eigenvalue weighted by Crippen LogP contribution is -2.28. The van der Waals surface area contributed by atoms with Crippen LogP contribution in [0.5, 0.6) is 0 Å². The van der Waals surface area contributed by atoms with Crippen molar-refractivity contribution in [2.45, 2.75) is 26.2 Å². The molecule has 0 aliphatic heterocycles. The average molecular weight is 308 g/mol. The molecule has 0 unspecified atom stereocenters. The van der Waals surface area contributed by atoms with E-state index in [-0.39, 0.29) is 5.41 Å². The SMILES string of the molecule is Cc1ccc(-n2ccc(C(C)(C)CN)n2)cc1Br. The Morgan fingerprint density at radius 1 is 1.33 bits per heavy atom. The minimum Gasteiger partial charge on any atom is -0.330 e. The van der Waals surface area contributed by atoms with Crippen LogP contribution in [0.4, 0.5) is 0 Å². The number of aromatic nitrogens is 2. The van der Waals surface area contributed by atoms with Gasteiger partial charge in [0, 0.05) is 22.6 Å². The number of nitrogens with zero attached hydrogens (tertiary/aromatic N) is 2. The van der Waals surface area contributed by atoms with E-state index in [0.29, 0.717) is 6.54 Å². The summed E-state index contributed by atoms with van der Waals surface area (Å²) >= 11 is 3.54. The molecule has 0 aliphatic carbocycles. The average Bonchev–Trinajstić information content (AvgIpc) is 2.83. The molecule has 2 rings (SSSR count). The predicted octanol–water partition coefficient (Wildman–Crippen LogP) is 3.18. The van der Waals surface area contributed by atoms with E-state index >= 15 is 0 Å². The van der Waals surface area contributed by atoms with Crippen molar-refractivity contribution >= 4 is 15.9 Å². The summed E-state index contributed by atoms with van der Waals surface area (Å²) in [6.07, 6.45) is 1.98. The summed E-state index contributed by atoms with van der Waals surface area (Å²) < 4.78 is 2.98. The Labute approximate surface area is 116 Å². The lowest BCUT2D eigenvalue weighted by atomic mass is 9.90. The van der Waals surface area contributed by atoms with Crippen molar-refractivity contribution in [3.63, 3.8) is 0 Å². The Morgan fingerprint density at radius 3 is 2.67 bits per heavy atom. The van der Waals surface area contributed by atoms with Gasteiger partial charge in [-0.1, -0.05) is 35.8 Å². The zero-order chi connectivity index (χ0) is 13.3. The van der Waals surface area contributed by atoms with E-state index < -0.39 is 0 Å². The van der Waals surface area contributed by atoms with Crippen LogP contribution in [0.15, 0.2) is 34.9 Å². The Hall–Kier alpha value is -1.13. The normalized spacial score (nSPS) is 11.8. The highest BCUT2D eigenvalue weighted by atomic mass is 79.9. The van der Waals surface area contributed by atoms with Gasteiger partial charge < -0.3 is 5.73 Å². The van der Waals surface area contributed by atoms with Crippen molar-refractivity contribution in [1.82, 2.24) is 9.78 Å². The second-order valence-corrected chi connectivity index (χ2v) is 6.02. The van der Waals surface area contributed by atoms with E-state index in [4.69, 9.17) is 5.73 Å². The van der Waals surface area contributed by atoms with Crippen LogP contribution >= 0.6 is 15.9 Å². The number of rotatable bonds is 3. The number of benzene rings is 1. The highest BCUT2D eigenvalue weighted by Crippen LogP contribution is 2.23. The molecule has 0 aliphatic rings. The summed E-state index contributed by atoms with van der Waals surface area (Å²) in [6.45, 7) is 6.86. The zero-order valence-corrected chi connectivity index (χ0v) is 12.5. The molecule has 0 saturated heterocycles. The first-order valence-electron chi connectivity index (χ1n) is 5.97. The first kappa shape index (κ1) is 13.3. The van der Waals surface area contributed by atoms with Gasteiger partial charge in [-0.3, -0.25) is 0 Å². The molecule has 0 bridgehead atoms. The van der Waals surface area contributed by atoms with Crippen molar-refractivity contribution in [2.75, 3.05) is 6.54 Å². The van der Waals surface area contributed by atoms with Gasteiger partial charge >= 0.3 is 0 Å². The Morgan fingerprint density at radius 2 is 2.06 bits per heavy atom. The fourth-order valence-electron chi connectivity index (χ4n) is 1.66. The molecule has 3 nitrogen and oxygen atoms in total. The van der Waals surface area contributed by atoms with Crippen molar-refractivity contribution in [1.29, 1.82) is 0 Å². The maximum atomic E-state index is 5.77. The van der Waals surface area contributed by atoms with Crippen LogP contribution in [-0.2, 0) is 5.41 Å². The van der Waals surface area contributed by atoms with Gasteiger partial charge in [-0.15, -0.1) is 0 Å². The van der Waals surface area contributed by atoms with Crippen LogP contribution in [0.3, 0.4) is 0 Å². The van der Waals surface area contributed by atoms with Crippen LogP contribution in [0.25, 0.3) is 5.69 Å². The van der Waals surface area contributed by atoms with Crippen LogP contribution in [0, 0.1) is 6.92 Å². The predicted molar refractivity (Wildman–Crippen MR) is 78.1 cm³/mol. The third-order valence-electron chi connectivity index (χ3n) is 3.21. The van der Waals surface area contributed by atoms with Crippen molar-refractivity contribution in [3.05, 3.63) is 46.2 Å². The van der Waals surface area contributed by atoms with E-state index in [9.17, 15) is 0 Å². The quantitative estimate of drug-likeness (QED) is 0.946. The minimum atomic E-state index is -0.0901. The van der Waals surface area contributed by atoms with Crippen LogP contribution in [-0.4, -0.2) is 16.3 Å². The molecular formula is C14H18BrN3. The first-order chi connectivity index (χ1) is 8.44. The van der Waals surface area contributed by atoms with Gasteiger partial charge in [0.1, 0.15) is 0 Å². The number of nitrogens with two attached hydrogens (primary N) is 1. The van der Waals surface area contributed by atoms with E-state index in [1.807, 2.05) is 16.9 Å². The number of hydrogen-bond donors (Lipinski definition) is 1. The molecule has 4 heteroatoms. The van der Waals surface area contributed by atoms with Gasteiger partial charge in [0.2, 0.25) is 0 Å². The molecule has 1 aromatic carbocycles. The van der Waals surface area contributed by atoms with Gasteiger partial charge in [0.15, 0.2) is 0 Å². The standard InChI is InChI=1S/C14H18BrN3/c1-10-4-5-11(8-12(10)15)18-7-6-13(17-18)14(2,3)9-16/h4-8H,9,16H2,1-3H3. The van der Waals surface area contributed by atoms with Gasteiger partial charge in [-0.2, -0.15) is 5.10 Å². The molecule has 0 amide bonds. The fraction of sp³-hybridized carbons (Fsp3) is 0.357. The maximum absolute atomic E-state index is 5.77. The lowest BCUT2D eigenvalue weighted by molar-refractivity contribution is 0.516. The summed E-state index contributed by atoms with van der Waals surface area (Å²) in [4.78, 5) is 0. The smallest absolute Gasteiger partial charge is 0.0697 e. The Balaban J connectivity index is 2.38. The number of aryl methyl sites for hydroxylation is 1. The molecule has 18 heavy (non-hydrogen) atoms. The summed E-state index contributed by atoms with van der Waals surface area (Å²) in [5.41, 5.74) is 8.96. The van der Waals surface area contributed by atoms with Crippen molar-refractivity contribution in [3.8, 4) is 5.69 Å². The Bertz CT molecular complexity index is 558. The second kappa shape index (κ2) is 4.86. The third-order valence-corrected chi connectivity index (χ3v) is 4.07. The third kappa shape index (κ3) is 2.49. The van der Waals surface area contributed by atoms with Crippen LogP contribution in [0.2, 0.25) is 0 Å². The molecule has 0 atom stereocenters. The summed E-state index contributed by atoms with van der Waals surface area (Å²) in [5, 5.41) is 4.61. The molecule has 0 saturated carbocycles. The molecule has 1 heterocycles. The van der Waals surface area contributed by atoms with Gasteiger partial charge in [-0.25, -0.2) is 4.68 Å². The molecule has 0 spiro atoms. The number of hydrogen-bond acceptors (Lipinski definition) is 2. The molecule has 2 N–H and O–H groups in total. The molecule has 1 aromatic heterocycles. The highest BCUT2D eigenvalue weighted by Gasteiger charge is 2.21. The summed E-state index contributed by atoms with van der Waals surface area (Å²) in [7, 11) is 0. The van der Waals surface area contributed by atoms with Crippen molar-refractivity contribution in [2.24, 2.45) is 5.73 Å². The zero-order valence-electron chi connectivity index (χ0n) is 10.9. The summed E-state index contributed by atoms with van der Waals surface area (Å²) in [6, 6.07) is 8.24. The minimum absolute atomic E-state index is 0.0901. The lowest BCUT2D eigenvalue weighted by Gasteiger charge is -2.19. The molecule has 2 aromatic rings. The molecule has 96 valence electrons. The van der Waals surface area contributed by atoms with Gasteiger partial charge in [0.05, 0.1) is 11.4 Å². The Kier molecular flexibility index (Phi) is 3.59. The van der Waals surface area contributed by atoms with E-state index in [1.54, 1.807) is 0 Å². The second-order valence-electron chi connectivity index (χ2n) is 5.17. The maximum Gasteiger partial charge on any atom is 0.0697 e. The van der Waals surface area contributed by atoms with Gasteiger partial charge in [-0.05, 0) is 30.7 Å². The monoisotopic (exact) mass is 307 g/mol. The highest BCUT2D eigenvalue weighted by molar-refractivity contribution is 9.10. The topological polar surface area (TPSA) is 43.8 Å². The van der Waals surface area contributed by atoms with E-state index in [0.717, 1.165) is 15.9 Å². The molecular weight excluding hydrogens is 290 g/mol. The van der Waals surface area contributed by atoms with Crippen molar-refractivity contribution < 1.29 is 0 Å². The van der Waals surface area contributed by atoms with E-state index in [2.05, 4.69) is 60.0 Å². The van der Waals surface area contributed by atoms with Crippen LogP contribution in [0.1, 0.15) is 25.1 Å².